The molecule has 3 amide bonds. The van der Waals surface area contributed by atoms with Crippen LogP contribution in [0.5, 0.6) is 0 Å². The maximum Gasteiger partial charge on any atom is 0.306 e. The third-order valence-corrected chi connectivity index (χ3v) is 9.94. The van der Waals surface area contributed by atoms with Crippen molar-refractivity contribution in [1.29, 1.82) is 0 Å². The van der Waals surface area contributed by atoms with E-state index in [-0.39, 0.29) is 48.2 Å². The predicted molar refractivity (Wildman–Crippen MR) is 173 cm³/mol. The first-order valence-corrected chi connectivity index (χ1v) is 16.8. The van der Waals surface area contributed by atoms with E-state index in [9.17, 15) is 24.3 Å². The van der Waals surface area contributed by atoms with E-state index in [1.807, 2.05) is 44.2 Å². The Morgan fingerprint density at radius 2 is 1.93 bits per heavy atom. The van der Waals surface area contributed by atoms with Crippen LogP contribution in [0.1, 0.15) is 64.0 Å². The largest absolute Gasteiger partial charge is 0.463 e. The zero-order valence-electron chi connectivity index (χ0n) is 26.2. The molecule has 3 aliphatic heterocycles. The van der Waals surface area contributed by atoms with E-state index in [2.05, 4.69) is 34.4 Å². The lowest BCUT2D eigenvalue weighted by Crippen LogP contribution is -2.58. The summed E-state index contributed by atoms with van der Waals surface area (Å²) in [7, 11) is 0. The molecule has 1 aromatic carbocycles. The zero-order chi connectivity index (χ0) is 32.7. The Hall–Kier alpha value is -3.02. The van der Waals surface area contributed by atoms with Gasteiger partial charge in [0.2, 0.25) is 17.7 Å². The van der Waals surface area contributed by atoms with E-state index < -0.39 is 41.6 Å². The van der Waals surface area contributed by atoms with Crippen LogP contribution in [0.3, 0.4) is 0 Å². The number of likely N-dealkylation sites (tertiary alicyclic amines) is 1. The monoisotopic (exact) mass is 687 g/mol. The number of aliphatic hydroxyl groups excluding tert-OH is 1. The molecule has 4 rings (SSSR count). The van der Waals surface area contributed by atoms with Gasteiger partial charge in [-0.05, 0) is 51.5 Å². The van der Waals surface area contributed by atoms with Crippen molar-refractivity contribution in [1.82, 2.24) is 15.1 Å². The number of rotatable bonds is 17. The summed E-state index contributed by atoms with van der Waals surface area (Å²) in [6.07, 6.45) is 5.66. The van der Waals surface area contributed by atoms with Gasteiger partial charge >= 0.3 is 5.97 Å². The molecule has 246 valence electrons. The summed E-state index contributed by atoms with van der Waals surface area (Å²) in [5.74, 6) is -2.99. The van der Waals surface area contributed by atoms with Crippen LogP contribution in [0.4, 0.5) is 0 Å². The fourth-order valence-electron chi connectivity index (χ4n) is 7.01. The predicted octanol–water partition coefficient (Wildman–Crippen LogP) is 3.69. The summed E-state index contributed by atoms with van der Waals surface area (Å²) in [5.41, 5.74) is -0.426. The van der Waals surface area contributed by atoms with Crippen LogP contribution in [0.25, 0.3) is 0 Å². The minimum Gasteiger partial charge on any atom is -0.463 e. The Bertz CT molecular complexity index is 1240. The molecule has 3 heterocycles. The number of nitrogens with zero attached hydrogens (tertiary/aromatic N) is 2. The third-order valence-electron chi connectivity index (χ3n) is 9.10. The quantitative estimate of drug-likeness (QED) is 0.111. The van der Waals surface area contributed by atoms with Crippen LogP contribution in [0.15, 0.2) is 55.6 Å². The standard InChI is InChI=1S/C34H46BrN3O7/c1-5-7-16-26(40)44-21-25(23-14-10-8-11-15-23)36-31(41)27-28-32(42)38(18-12-9-13-19-39)30(33(43)37(17-6-2)22(3)4)34(28)20-24(35)29(27)45-34/h5-6,8,10-11,14-15,22,24-25,27-30,39H,1-2,7,9,12-13,16-21H2,3-4H3,(H,36,41)/t24?,25-,27-,28+,29-,30-,34+/m0/s1. The number of fused-ring (bicyclic) bond motifs is 1. The third kappa shape index (κ3) is 7.20. The van der Waals surface area contributed by atoms with E-state index in [1.54, 1.807) is 22.0 Å². The van der Waals surface area contributed by atoms with Crippen molar-refractivity contribution in [3.63, 3.8) is 0 Å². The summed E-state index contributed by atoms with van der Waals surface area (Å²) in [6.45, 7) is 11.9. The van der Waals surface area contributed by atoms with Crippen LogP contribution >= 0.6 is 15.9 Å². The van der Waals surface area contributed by atoms with Crippen LogP contribution in [-0.4, -0.2) is 93.5 Å². The maximum atomic E-state index is 14.3. The van der Waals surface area contributed by atoms with E-state index in [0.29, 0.717) is 45.2 Å². The van der Waals surface area contributed by atoms with Crippen molar-refractivity contribution in [2.45, 2.75) is 87.0 Å². The van der Waals surface area contributed by atoms with Gasteiger partial charge in [-0.2, -0.15) is 0 Å². The number of benzene rings is 1. The van der Waals surface area contributed by atoms with Gasteiger partial charge in [0.05, 0.1) is 24.0 Å². The van der Waals surface area contributed by atoms with Gasteiger partial charge in [0.15, 0.2) is 0 Å². The number of allylic oxidation sites excluding steroid dienone is 1. The number of alkyl halides is 1. The fourth-order valence-corrected chi connectivity index (χ4v) is 7.96. The number of ether oxygens (including phenoxy) is 2. The number of aliphatic hydroxyl groups is 1. The topological polar surface area (TPSA) is 125 Å². The highest BCUT2D eigenvalue weighted by Gasteiger charge is 2.76. The molecule has 1 spiro atoms. The summed E-state index contributed by atoms with van der Waals surface area (Å²) < 4.78 is 12.2. The number of amides is 3. The molecule has 0 aliphatic carbocycles. The van der Waals surface area contributed by atoms with Crippen molar-refractivity contribution in [3.05, 3.63) is 61.2 Å². The van der Waals surface area contributed by atoms with E-state index >= 15 is 0 Å². The minimum absolute atomic E-state index is 0.0494. The average Bonchev–Trinajstić information content (AvgIpc) is 3.62. The van der Waals surface area contributed by atoms with Crippen LogP contribution in [-0.2, 0) is 28.7 Å². The molecule has 10 nitrogen and oxygen atoms in total. The summed E-state index contributed by atoms with van der Waals surface area (Å²) in [4.78, 5) is 58.2. The number of hydrogen-bond acceptors (Lipinski definition) is 7. The van der Waals surface area contributed by atoms with Crippen molar-refractivity contribution in [3.8, 4) is 0 Å². The van der Waals surface area contributed by atoms with Gasteiger partial charge in [-0.25, -0.2) is 0 Å². The first-order valence-electron chi connectivity index (χ1n) is 15.9. The number of esters is 1. The summed E-state index contributed by atoms with van der Waals surface area (Å²) in [6, 6.07) is 7.54. The lowest BCUT2D eigenvalue weighted by atomic mass is 9.70. The minimum atomic E-state index is -1.18. The zero-order valence-corrected chi connectivity index (χ0v) is 27.8. The SMILES string of the molecule is C=CCCC(=O)OC[C@H](NC(=O)[C@@H]1[C@H]2O[C@@]3(CC2Br)[C@H](C(=O)N(CC=C)C(C)C)N(CCCCCO)C(=O)[C@@H]13)c1ccccc1. The molecular formula is C34H46BrN3O7. The lowest BCUT2D eigenvalue weighted by Gasteiger charge is -2.38. The molecule has 0 aromatic heterocycles. The van der Waals surface area contributed by atoms with Crippen molar-refractivity contribution < 1.29 is 33.8 Å². The van der Waals surface area contributed by atoms with Gasteiger partial charge in [0.1, 0.15) is 18.2 Å². The Morgan fingerprint density at radius 3 is 2.58 bits per heavy atom. The Balaban J connectivity index is 1.65. The first-order chi connectivity index (χ1) is 21.6. The van der Waals surface area contributed by atoms with Gasteiger partial charge in [-0.1, -0.05) is 58.4 Å². The molecule has 0 radical (unpaired) electrons. The average molecular weight is 689 g/mol. The van der Waals surface area contributed by atoms with Crippen LogP contribution in [0, 0.1) is 11.8 Å². The molecular weight excluding hydrogens is 642 g/mol. The molecule has 3 saturated heterocycles. The van der Waals surface area contributed by atoms with Gasteiger partial charge in [0, 0.05) is 37.0 Å². The molecule has 3 aliphatic rings. The molecule has 11 heteroatoms. The highest BCUT2D eigenvalue weighted by atomic mass is 79.9. The molecule has 7 atom stereocenters. The second-order valence-electron chi connectivity index (χ2n) is 12.3. The molecule has 0 saturated carbocycles. The van der Waals surface area contributed by atoms with Crippen molar-refractivity contribution >= 4 is 39.6 Å². The lowest BCUT2D eigenvalue weighted by molar-refractivity contribution is -0.149. The van der Waals surface area contributed by atoms with Crippen LogP contribution in [0.2, 0.25) is 0 Å². The van der Waals surface area contributed by atoms with E-state index in [4.69, 9.17) is 9.47 Å². The number of carbonyl (C=O) groups excluding carboxylic acids is 4. The number of nitrogens with one attached hydrogen (secondary N) is 1. The molecule has 2 N–H and O–H groups in total. The smallest absolute Gasteiger partial charge is 0.306 e. The van der Waals surface area contributed by atoms with Gasteiger partial charge in [0.25, 0.3) is 0 Å². The first kappa shape index (κ1) is 34.8. The molecule has 1 aromatic rings. The fraction of sp³-hybridized carbons (Fsp3) is 0.588. The van der Waals surface area contributed by atoms with Gasteiger partial charge in [-0.3, -0.25) is 19.2 Å². The van der Waals surface area contributed by atoms with Crippen molar-refractivity contribution in [2.75, 3.05) is 26.3 Å². The second kappa shape index (κ2) is 15.5. The van der Waals surface area contributed by atoms with Crippen molar-refractivity contribution in [2.24, 2.45) is 11.8 Å². The number of hydrogen-bond donors (Lipinski definition) is 2. The van der Waals surface area contributed by atoms with E-state index in [0.717, 1.165) is 5.56 Å². The molecule has 2 bridgehead atoms. The Morgan fingerprint density at radius 1 is 1.20 bits per heavy atom. The van der Waals surface area contributed by atoms with E-state index in [1.165, 1.54) is 0 Å². The Labute approximate surface area is 274 Å². The van der Waals surface area contributed by atoms with Gasteiger partial charge in [-0.15, -0.1) is 13.2 Å². The highest BCUT2D eigenvalue weighted by molar-refractivity contribution is 9.09. The number of halogens is 1. The number of carbonyl (C=O) groups is 4. The maximum absolute atomic E-state index is 14.3. The molecule has 45 heavy (non-hydrogen) atoms. The molecule has 1 unspecified atom stereocenters. The van der Waals surface area contributed by atoms with Crippen LogP contribution < -0.4 is 5.32 Å². The molecule has 3 fully saturated rings. The summed E-state index contributed by atoms with van der Waals surface area (Å²) >= 11 is 3.73. The Kier molecular flexibility index (Phi) is 12.0. The number of unbranched alkanes of at least 4 members (excludes halogenated alkanes) is 2. The normalized spacial score (nSPS) is 27.3. The van der Waals surface area contributed by atoms with Gasteiger partial charge < -0.3 is 29.7 Å². The highest BCUT2D eigenvalue weighted by Crippen LogP contribution is 2.60. The second-order valence-corrected chi connectivity index (χ2v) is 13.5. The summed E-state index contributed by atoms with van der Waals surface area (Å²) in [5, 5.41) is 12.4.